The smallest absolute Gasteiger partial charge is 0.328 e. The van der Waals surface area contributed by atoms with E-state index in [4.69, 9.17) is 0 Å². The summed E-state index contributed by atoms with van der Waals surface area (Å²) in [4.78, 5) is 27.4. The molecule has 1 rings (SSSR count). The van der Waals surface area contributed by atoms with Crippen LogP contribution in [0.3, 0.4) is 0 Å². The van der Waals surface area contributed by atoms with Gasteiger partial charge in [0, 0.05) is 13.1 Å². The molecule has 0 radical (unpaired) electrons. The summed E-state index contributed by atoms with van der Waals surface area (Å²) >= 11 is 0. The second-order valence-corrected chi connectivity index (χ2v) is 16.6. The molecule has 0 fully saturated rings. The first-order chi connectivity index (χ1) is 8.43. The van der Waals surface area contributed by atoms with Crippen LogP contribution in [0.25, 0.3) is 0 Å². The van der Waals surface area contributed by atoms with Crippen molar-refractivity contribution >= 4 is 33.2 Å². The van der Waals surface area contributed by atoms with Gasteiger partial charge in [-0.25, -0.2) is 4.79 Å². The minimum atomic E-state index is -1.80. The molecule has 0 atom stereocenters. The highest BCUT2D eigenvalue weighted by molar-refractivity contribution is 6.89. The summed E-state index contributed by atoms with van der Waals surface area (Å²) < 4.78 is 1.77. The van der Waals surface area contributed by atoms with E-state index >= 15 is 0 Å². The maximum absolute atomic E-state index is 12.1. The van der Waals surface area contributed by atoms with Crippen LogP contribution in [0.15, 0.2) is 11.0 Å². The number of nitrogens with zero attached hydrogens (tertiary/aromatic N) is 2. The van der Waals surface area contributed by atoms with Crippen LogP contribution < -0.4 is 16.2 Å². The van der Waals surface area contributed by atoms with Gasteiger partial charge in [0.05, 0.1) is 8.07 Å². The van der Waals surface area contributed by atoms with Crippen LogP contribution in [0.2, 0.25) is 39.3 Å². The van der Waals surface area contributed by atoms with E-state index < -0.39 is 16.3 Å². The van der Waals surface area contributed by atoms with Gasteiger partial charge in [-0.3, -0.25) is 4.79 Å². The molecular formula is C12H23N3O2Si2. The van der Waals surface area contributed by atoms with Gasteiger partial charge in [0.15, 0.2) is 8.24 Å². The van der Waals surface area contributed by atoms with Crippen molar-refractivity contribution in [1.82, 2.24) is 9.22 Å². The lowest BCUT2D eigenvalue weighted by Gasteiger charge is -2.25. The molecule has 0 unspecified atom stereocenters. The molecule has 5 nitrogen and oxygen atoms in total. The van der Waals surface area contributed by atoms with Gasteiger partial charge in [-0.2, -0.15) is 4.98 Å². The summed E-state index contributed by atoms with van der Waals surface area (Å²) in [6.07, 6.45) is 1.92. The van der Waals surface area contributed by atoms with E-state index in [1.807, 2.05) is 6.20 Å². The van der Waals surface area contributed by atoms with Gasteiger partial charge >= 0.3 is 5.69 Å². The van der Waals surface area contributed by atoms with Gasteiger partial charge in [-0.05, 0) is 5.19 Å². The van der Waals surface area contributed by atoms with Crippen molar-refractivity contribution in [3.8, 4) is 0 Å². The minimum Gasteiger partial charge on any atom is -0.328 e. The molecule has 7 heteroatoms. The molecule has 1 aromatic rings. The molecule has 1 aromatic heterocycles. The Labute approximate surface area is 116 Å². The number of nitrogens with one attached hydrogen (secondary N) is 1. The quantitative estimate of drug-likeness (QED) is 0.859. The highest BCUT2D eigenvalue weighted by Gasteiger charge is 2.27. The van der Waals surface area contributed by atoms with Crippen LogP contribution in [0, 0.1) is 0 Å². The Morgan fingerprint density at radius 1 is 1.21 bits per heavy atom. The average Bonchev–Trinajstić information content (AvgIpc) is 2.11. The molecule has 19 heavy (non-hydrogen) atoms. The van der Waals surface area contributed by atoms with Crippen LogP contribution in [0.4, 0.5) is 5.82 Å². The van der Waals surface area contributed by atoms with Gasteiger partial charge in [0.2, 0.25) is 5.91 Å². The van der Waals surface area contributed by atoms with Crippen molar-refractivity contribution in [3.05, 3.63) is 16.7 Å². The van der Waals surface area contributed by atoms with Gasteiger partial charge in [-0.15, -0.1) is 0 Å². The molecule has 1 amide bonds. The third-order valence-corrected chi connectivity index (χ3v) is 6.50. The summed E-state index contributed by atoms with van der Waals surface area (Å²) in [5.74, 6) is 0.239. The highest BCUT2D eigenvalue weighted by Crippen LogP contribution is 2.10. The van der Waals surface area contributed by atoms with Crippen molar-refractivity contribution in [2.75, 3.05) is 5.32 Å². The monoisotopic (exact) mass is 297 g/mol. The van der Waals surface area contributed by atoms with Crippen molar-refractivity contribution in [2.45, 2.75) is 46.2 Å². The number of carbonyl (C=O) groups excluding carboxylic acids is 1. The topological polar surface area (TPSA) is 64.0 Å². The van der Waals surface area contributed by atoms with E-state index in [2.05, 4.69) is 49.6 Å². The van der Waals surface area contributed by atoms with Gasteiger partial charge in [-0.1, -0.05) is 39.3 Å². The lowest BCUT2D eigenvalue weighted by molar-refractivity contribution is -0.114. The largest absolute Gasteiger partial charge is 0.341 e. The molecule has 0 spiro atoms. The number of hydrogen-bond donors (Lipinski definition) is 1. The van der Waals surface area contributed by atoms with Crippen LogP contribution >= 0.6 is 0 Å². The number of hydrogen-bond acceptors (Lipinski definition) is 3. The SMILES string of the molecule is CC(=O)Nc1nc(=O)n([Si](C)(C)C)cc1[Si](C)(C)C. The third-order valence-electron chi connectivity index (χ3n) is 2.75. The number of amides is 1. The lowest BCUT2D eigenvalue weighted by Crippen LogP contribution is -2.49. The van der Waals surface area contributed by atoms with E-state index in [9.17, 15) is 9.59 Å². The second kappa shape index (κ2) is 5.05. The fraction of sp³-hybridized carbons (Fsp3) is 0.583. The summed E-state index contributed by atoms with van der Waals surface area (Å²) in [5, 5.41) is 3.70. The normalized spacial score (nSPS) is 12.4. The number of carbonyl (C=O) groups is 1. The first-order valence-electron chi connectivity index (χ1n) is 6.35. The fourth-order valence-corrected chi connectivity index (χ4v) is 4.36. The molecule has 0 bridgehead atoms. The Bertz CT molecular complexity index is 554. The first-order valence-corrected chi connectivity index (χ1v) is 13.3. The van der Waals surface area contributed by atoms with Gasteiger partial charge in [0.1, 0.15) is 5.82 Å². The molecule has 0 aliphatic carbocycles. The maximum atomic E-state index is 12.1. The Kier molecular flexibility index (Phi) is 4.21. The fourth-order valence-electron chi connectivity index (χ4n) is 1.75. The van der Waals surface area contributed by atoms with Gasteiger partial charge < -0.3 is 9.55 Å². The molecule has 1 N–H and O–H groups in total. The molecule has 0 saturated carbocycles. The van der Waals surface area contributed by atoms with Crippen molar-refractivity contribution in [2.24, 2.45) is 0 Å². The van der Waals surface area contributed by atoms with Crippen LogP contribution in [-0.2, 0) is 4.79 Å². The van der Waals surface area contributed by atoms with E-state index in [0.717, 1.165) is 5.19 Å². The number of aromatic nitrogens is 2. The zero-order valence-corrected chi connectivity index (χ0v) is 14.8. The van der Waals surface area contributed by atoms with Crippen LogP contribution in [-0.4, -0.2) is 31.4 Å². The zero-order chi connectivity index (χ0) is 15.0. The van der Waals surface area contributed by atoms with E-state index in [1.54, 1.807) is 4.23 Å². The van der Waals surface area contributed by atoms with Crippen LogP contribution in [0.5, 0.6) is 0 Å². The molecular weight excluding hydrogens is 274 g/mol. The lowest BCUT2D eigenvalue weighted by atomic mass is 10.5. The van der Waals surface area contributed by atoms with E-state index in [-0.39, 0.29) is 11.6 Å². The maximum Gasteiger partial charge on any atom is 0.341 e. The van der Waals surface area contributed by atoms with E-state index in [0.29, 0.717) is 5.82 Å². The van der Waals surface area contributed by atoms with Crippen molar-refractivity contribution < 1.29 is 4.79 Å². The molecule has 1 heterocycles. The van der Waals surface area contributed by atoms with E-state index in [1.165, 1.54) is 6.92 Å². The molecule has 0 saturated heterocycles. The third kappa shape index (κ3) is 3.87. The standard InChI is InChI=1S/C12H23N3O2Si2/c1-9(16)13-11-10(18(2,3)4)8-15(12(17)14-11)19(5,6)7/h8H,1-7H3,(H,13,14,16,17). The summed E-state index contributed by atoms with van der Waals surface area (Å²) in [6.45, 7) is 14.3. The Balaban J connectivity index is 3.55. The second-order valence-electron chi connectivity index (χ2n) is 6.76. The highest BCUT2D eigenvalue weighted by atomic mass is 28.3. The predicted octanol–water partition coefficient (Wildman–Crippen LogP) is 1.43. The molecule has 106 valence electrons. The summed E-state index contributed by atoms with van der Waals surface area (Å²) in [7, 11) is -3.49. The Morgan fingerprint density at radius 3 is 2.11 bits per heavy atom. The summed E-state index contributed by atoms with van der Waals surface area (Å²) in [6, 6.07) is 0. The number of rotatable bonds is 3. The zero-order valence-electron chi connectivity index (χ0n) is 12.8. The predicted molar refractivity (Wildman–Crippen MR) is 84.5 cm³/mol. The molecule has 0 aromatic carbocycles. The minimum absolute atomic E-state index is 0.197. The first kappa shape index (κ1) is 15.8. The van der Waals surface area contributed by atoms with Crippen molar-refractivity contribution in [3.63, 3.8) is 0 Å². The molecule has 0 aliphatic heterocycles. The van der Waals surface area contributed by atoms with Gasteiger partial charge in [0.25, 0.3) is 0 Å². The molecule has 0 aliphatic rings. The summed E-state index contributed by atoms with van der Waals surface area (Å²) in [5.41, 5.74) is -0.273. The Hall–Kier alpha value is -1.22. The van der Waals surface area contributed by atoms with Crippen LogP contribution in [0.1, 0.15) is 6.92 Å². The average molecular weight is 298 g/mol. The Morgan fingerprint density at radius 2 is 1.74 bits per heavy atom. The van der Waals surface area contributed by atoms with Crippen molar-refractivity contribution in [1.29, 1.82) is 0 Å². The number of anilines is 1.